The van der Waals surface area contributed by atoms with Gasteiger partial charge in [0.1, 0.15) is 4.21 Å². The second kappa shape index (κ2) is 9.35. The summed E-state index contributed by atoms with van der Waals surface area (Å²) in [4.78, 5) is 15.1. The molecule has 1 N–H and O–H groups in total. The van der Waals surface area contributed by atoms with Gasteiger partial charge < -0.3 is 4.90 Å². The predicted molar refractivity (Wildman–Crippen MR) is 126 cm³/mol. The molecular weight excluding hydrogens is 468 g/mol. The topological polar surface area (TPSA) is 84.3 Å². The lowest BCUT2D eigenvalue weighted by molar-refractivity contribution is 0.0709. The maximum Gasteiger partial charge on any atom is 0.257 e. The molecule has 0 aliphatic carbocycles. The molecule has 1 aromatic carbocycles. The van der Waals surface area contributed by atoms with Crippen molar-refractivity contribution < 1.29 is 13.2 Å². The molecule has 7 nitrogen and oxygen atoms in total. The van der Waals surface area contributed by atoms with Crippen molar-refractivity contribution in [1.29, 1.82) is 0 Å². The molecule has 1 saturated heterocycles. The molecule has 0 bridgehead atoms. The Morgan fingerprint density at radius 2 is 1.97 bits per heavy atom. The van der Waals surface area contributed by atoms with E-state index in [-0.39, 0.29) is 17.9 Å². The zero-order valence-electron chi connectivity index (χ0n) is 17.9. The number of nitrogens with one attached hydrogen (secondary N) is 1. The molecule has 0 unspecified atom stereocenters. The summed E-state index contributed by atoms with van der Waals surface area (Å²) in [5.74, 6) is -0.00730. The Bertz CT molecular complexity index is 1200. The maximum atomic E-state index is 13.3. The SMILES string of the molecule is CC(C)c1c(C(=O)N2CCC(NS(=O)(=O)c3cccs3)CC2)cnn1-c1cccc(Cl)c1. The minimum atomic E-state index is -3.51. The number of piperidine rings is 1. The number of hydrogen-bond donors (Lipinski definition) is 1. The number of halogens is 1. The van der Waals surface area contributed by atoms with Crippen molar-refractivity contribution in [3.05, 3.63) is 64.3 Å². The monoisotopic (exact) mass is 492 g/mol. The Kier molecular flexibility index (Phi) is 6.71. The molecule has 0 radical (unpaired) electrons. The number of nitrogens with zero attached hydrogens (tertiary/aromatic N) is 3. The van der Waals surface area contributed by atoms with Gasteiger partial charge in [-0.15, -0.1) is 11.3 Å². The lowest BCUT2D eigenvalue weighted by Gasteiger charge is -2.32. The van der Waals surface area contributed by atoms with Gasteiger partial charge >= 0.3 is 0 Å². The second-order valence-corrected chi connectivity index (χ2v) is 11.4. The summed E-state index contributed by atoms with van der Waals surface area (Å²) in [7, 11) is -3.51. The van der Waals surface area contributed by atoms with E-state index >= 15 is 0 Å². The Balaban J connectivity index is 1.48. The van der Waals surface area contributed by atoms with Crippen molar-refractivity contribution >= 4 is 38.9 Å². The third kappa shape index (κ3) is 4.76. The molecule has 170 valence electrons. The van der Waals surface area contributed by atoms with Gasteiger partial charge in [-0.05, 0) is 48.4 Å². The minimum absolute atomic E-state index is 0.0746. The van der Waals surface area contributed by atoms with Gasteiger partial charge in [0.05, 0.1) is 23.1 Å². The van der Waals surface area contributed by atoms with Crippen molar-refractivity contribution in [2.45, 2.75) is 42.9 Å². The molecule has 0 spiro atoms. The fourth-order valence-corrected chi connectivity index (χ4v) is 6.46. The number of carbonyl (C=O) groups is 1. The van der Waals surface area contributed by atoms with Crippen molar-refractivity contribution in [1.82, 2.24) is 19.4 Å². The Hall–Kier alpha value is -2.20. The van der Waals surface area contributed by atoms with Crippen LogP contribution in [0.4, 0.5) is 0 Å². The lowest BCUT2D eigenvalue weighted by Crippen LogP contribution is -2.46. The zero-order valence-corrected chi connectivity index (χ0v) is 20.3. The van der Waals surface area contributed by atoms with Crippen LogP contribution in [0.15, 0.2) is 52.2 Å². The van der Waals surface area contributed by atoms with Crippen LogP contribution < -0.4 is 4.72 Å². The summed E-state index contributed by atoms with van der Waals surface area (Å²) >= 11 is 7.34. The average Bonchev–Trinajstić information content (AvgIpc) is 3.44. The Morgan fingerprint density at radius 1 is 1.22 bits per heavy atom. The van der Waals surface area contributed by atoms with Gasteiger partial charge in [-0.25, -0.2) is 17.8 Å². The summed E-state index contributed by atoms with van der Waals surface area (Å²) in [5, 5.41) is 6.82. The average molecular weight is 493 g/mol. The van der Waals surface area contributed by atoms with Gasteiger partial charge in [-0.1, -0.05) is 37.6 Å². The molecule has 3 aromatic rings. The van der Waals surface area contributed by atoms with Crippen LogP contribution >= 0.6 is 22.9 Å². The molecule has 0 atom stereocenters. The van der Waals surface area contributed by atoms with Crippen LogP contribution in [0.1, 0.15) is 48.7 Å². The van der Waals surface area contributed by atoms with E-state index in [0.717, 1.165) is 11.4 Å². The van der Waals surface area contributed by atoms with Crippen LogP contribution in [-0.2, 0) is 10.0 Å². The summed E-state index contributed by atoms with van der Waals surface area (Å²) < 4.78 is 29.8. The van der Waals surface area contributed by atoms with Gasteiger partial charge in [-0.2, -0.15) is 5.10 Å². The molecule has 10 heteroatoms. The number of likely N-dealkylation sites (tertiary alicyclic amines) is 1. The van der Waals surface area contributed by atoms with Crippen molar-refractivity contribution in [3.63, 3.8) is 0 Å². The smallest absolute Gasteiger partial charge is 0.257 e. The molecular formula is C22H25ClN4O3S2. The normalized spacial score (nSPS) is 15.4. The van der Waals surface area contributed by atoms with Gasteiger partial charge in [0.2, 0.25) is 10.0 Å². The number of carbonyl (C=O) groups excluding carboxylic acids is 1. The van der Waals surface area contributed by atoms with Gasteiger partial charge in [0.15, 0.2) is 0 Å². The molecule has 2 aromatic heterocycles. The predicted octanol–water partition coefficient (Wildman–Crippen LogP) is 4.29. The van der Waals surface area contributed by atoms with Crippen molar-refractivity contribution in [2.75, 3.05) is 13.1 Å². The van der Waals surface area contributed by atoms with E-state index in [2.05, 4.69) is 9.82 Å². The molecule has 32 heavy (non-hydrogen) atoms. The minimum Gasteiger partial charge on any atom is -0.338 e. The number of amides is 1. The van der Waals surface area contributed by atoms with Crippen LogP contribution in [-0.4, -0.2) is 48.1 Å². The van der Waals surface area contributed by atoms with Crippen LogP contribution in [0, 0.1) is 0 Å². The van der Waals surface area contributed by atoms with E-state index in [0.29, 0.717) is 40.7 Å². The third-order valence-corrected chi connectivity index (χ3v) is 8.65. The highest BCUT2D eigenvalue weighted by Gasteiger charge is 2.30. The first kappa shape index (κ1) is 23.0. The van der Waals surface area contributed by atoms with E-state index in [1.165, 1.54) is 11.3 Å². The molecule has 0 saturated carbocycles. The number of benzene rings is 1. The first-order chi connectivity index (χ1) is 15.3. The van der Waals surface area contributed by atoms with Crippen LogP contribution in [0.2, 0.25) is 5.02 Å². The second-order valence-electron chi connectivity index (χ2n) is 8.11. The van der Waals surface area contributed by atoms with E-state index in [1.807, 2.05) is 32.0 Å². The number of sulfonamides is 1. The van der Waals surface area contributed by atoms with E-state index in [1.54, 1.807) is 39.4 Å². The number of rotatable bonds is 6. The largest absolute Gasteiger partial charge is 0.338 e. The van der Waals surface area contributed by atoms with Crippen molar-refractivity contribution in [2.24, 2.45) is 0 Å². The molecule has 1 aliphatic rings. The number of thiophene rings is 1. The van der Waals surface area contributed by atoms with Gasteiger partial charge in [-0.3, -0.25) is 4.79 Å². The summed E-state index contributed by atoms with van der Waals surface area (Å²) in [6.45, 7) is 5.02. The van der Waals surface area contributed by atoms with E-state index in [4.69, 9.17) is 11.6 Å². The van der Waals surface area contributed by atoms with E-state index < -0.39 is 10.0 Å². The first-order valence-corrected chi connectivity index (χ1v) is 13.2. The molecule has 3 heterocycles. The molecule has 4 rings (SSSR count). The highest BCUT2D eigenvalue weighted by atomic mass is 35.5. The fourth-order valence-electron chi connectivity index (χ4n) is 3.96. The Morgan fingerprint density at radius 3 is 2.59 bits per heavy atom. The maximum absolute atomic E-state index is 13.3. The summed E-state index contributed by atoms with van der Waals surface area (Å²) in [6.07, 6.45) is 2.75. The zero-order chi connectivity index (χ0) is 22.9. The molecule has 1 amide bonds. The number of aromatic nitrogens is 2. The van der Waals surface area contributed by atoms with Gasteiger partial charge in [0.25, 0.3) is 5.91 Å². The summed E-state index contributed by atoms with van der Waals surface area (Å²) in [6, 6.07) is 10.5. The summed E-state index contributed by atoms with van der Waals surface area (Å²) in [5.41, 5.74) is 2.21. The Labute approximate surface area is 197 Å². The quantitative estimate of drug-likeness (QED) is 0.556. The fraction of sp³-hybridized carbons (Fsp3) is 0.364. The van der Waals surface area contributed by atoms with Crippen LogP contribution in [0.5, 0.6) is 0 Å². The molecule has 1 fully saturated rings. The van der Waals surface area contributed by atoms with E-state index in [9.17, 15) is 13.2 Å². The first-order valence-electron chi connectivity index (χ1n) is 10.4. The van der Waals surface area contributed by atoms with Crippen molar-refractivity contribution in [3.8, 4) is 5.69 Å². The molecule has 1 aliphatic heterocycles. The van der Waals surface area contributed by atoms with Gasteiger partial charge in [0, 0.05) is 24.2 Å². The highest BCUT2D eigenvalue weighted by molar-refractivity contribution is 7.91. The van der Waals surface area contributed by atoms with Crippen LogP contribution in [0.25, 0.3) is 5.69 Å². The number of hydrogen-bond acceptors (Lipinski definition) is 5. The lowest BCUT2D eigenvalue weighted by atomic mass is 10.0. The third-order valence-electron chi connectivity index (χ3n) is 5.50. The standard InChI is InChI=1S/C22H25ClN4O3S2/c1-15(2)21-19(14-24-27(21)18-6-3-5-16(23)13-18)22(28)26-10-8-17(9-11-26)25-32(29,30)20-7-4-12-31-20/h3-7,12-15,17,25H,8-11H2,1-2H3. The highest BCUT2D eigenvalue weighted by Crippen LogP contribution is 2.27. The van der Waals surface area contributed by atoms with Crippen LogP contribution in [0.3, 0.4) is 0 Å².